The Morgan fingerprint density at radius 2 is 1.94 bits per heavy atom. The summed E-state index contributed by atoms with van der Waals surface area (Å²) >= 11 is 0. The van der Waals surface area contributed by atoms with E-state index in [1.165, 1.54) is 12.1 Å². The number of rotatable bonds is 6. The number of hydrogen-bond donors (Lipinski definition) is 1. The predicted octanol–water partition coefficient (Wildman–Crippen LogP) is 3.82. The van der Waals surface area contributed by atoms with Gasteiger partial charge in [-0.05, 0) is 48.2 Å². The molecule has 0 saturated carbocycles. The lowest BCUT2D eigenvalue weighted by Crippen LogP contribution is -2.43. The fourth-order valence-corrected chi connectivity index (χ4v) is 3.75. The zero-order valence-corrected chi connectivity index (χ0v) is 17.4. The van der Waals surface area contributed by atoms with E-state index in [2.05, 4.69) is 15.3 Å². The zero-order chi connectivity index (χ0) is 21.6. The van der Waals surface area contributed by atoms with E-state index < -0.39 is 0 Å². The average molecular weight is 420 g/mol. The maximum absolute atomic E-state index is 13.5. The maximum Gasteiger partial charge on any atom is 0.225 e. The maximum atomic E-state index is 13.5. The Kier molecular flexibility index (Phi) is 6.40. The Hall–Kier alpha value is -3.48. The number of piperidine rings is 1. The lowest BCUT2D eigenvalue weighted by Gasteiger charge is -2.32. The minimum absolute atomic E-state index is 0.0388. The van der Waals surface area contributed by atoms with Crippen LogP contribution in [0, 0.1) is 11.7 Å². The van der Waals surface area contributed by atoms with Crippen LogP contribution in [0.3, 0.4) is 0 Å². The number of carbonyl (C=O) groups is 1. The van der Waals surface area contributed by atoms with Gasteiger partial charge in [-0.3, -0.25) is 4.79 Å². The van der Waals surface area contributed by atoms with Crippen molar-refractivity contribution >= 4 is 11.9 Å². The van der Waals surface area contributed by atoms with Crippen molar-refractivity contribution in [3.8, 4) is 16.9 Å². The molecule has 2 heterocycles. The van der Waals surface area contributed by atoms with Crippen molar-refractivity contribution in [1.29, 1.82) is 0 Å². The third-order valence-corrected chi connectivity index (χ3v) is 5.50. The van der Waals surface area contributed by atoms with Crippen LogP contribution in [0.5, 0.6) is 5.75 Å². The van der Waals surface area contributed by atoms with Crippen molar-refractivity contribution in [2.75, 3.05) is 25.1 Å². The van der Waals surface area contributed by atoms with Crippen LogP contribution >= 0.6 is 0 Å². The monoisotopic (exact) mass is 420 g/mol. The highest BCUT2D eigenvalue weighted by atomic mass is 19.1. The summed E-state index contributed by atoms with van der Waals surface area (Å²) < 4.78 is 18.6. The summed E-state index contributed by atoms with van der Waals surface area (Å²) in [5.74, 6) is 1.02. The highest BCUT2D eigenvalue weighted by Gasteiger charge is 2.27. The Balaban J connectivity index is 1.35. The number of nitrogens with zero attached hydrogens (tertiary/aromatic N) is 3. The van der Waals surface area contributed by atoms with Gasteiger partial charge in [0.2, 0.25) is 11.9 Å². The van der Waals surface area contributed by atoms with Crippen LogP contribution in [0.1, 0.15) is 18.4 Å². The minimum Gasteiger partial charge on any atom is -0.497 e. The number of amides is 1. The molecule has 1 amide bonds. The lowest BCUT2D eigenvalue weighted by atomic mass is 9.97. The van der Waals surface area contributed by atoms with Gasteiger partial charge in [0.05, 0.1) is 13.0 Å². The average Bonchev–Trinajstić information content (AvgIpc) is 2.83. The molecular weight excluding hydrogens is 395 g/mol. The molecule has 6 nitrogen and oxygen atoms in total. The summed E-state index contributed by atoms with van der Waals surface area (Å²) in [6, 6.07) is 14.0. The zero-order valence-electron chi connectivity index (χ0n) is 17.4. The molecule has 1 aromatic heterocycles. The fraction of sp³-hybridized carbons (Fsp3) is 0.292. The Labute approximate surface area is 181 Å². The van der Waals surface area contributed by atoms with E-state index in [0.29, 0.717) is 19.0 Å². The first-order valence-corrected chi connectivity index (χ1v) is 10.4. The number of benzene rings is 2. The van der Waals surface area contributed by atoms with Gasteiger partial charge in [-0.25, -0.2) is 14.4 Å². The largest absolute Gasteiger partial charge is 0.497 e. The standard InChI is InChI=1S/C24H25FN4O2/c1-31-22-9-7-17(8-10-22)13-26-23(30)19-5-3-11-29(16-19)24-27-14-20(15-28-24)18-4-2-6-21(25)12-18/h2,4,6-10,12,14-15,19H,3,5,11,13,16H2,1H3,(H,26,30). The summed E-state index contributed by atoms with van der Waals surface area (Å²) in [5, 5.41) is 3.03. The minimum atomic E-state index is -0.291. The second-order valence-electron chi connectivity index (χ2n) is 7.63. The highest BCUT2D eigenvalue weighted by molar-refractivity contribution is 5.79. The molecule has 1 N–H and O–H groups in total. The molecule has 2 aromatic carbocycles. The van der Waals surface area contributed by atoms with Crippen molar-refractivity contribution in [2.24, 2.45) is 5.92 Å². The van der Waals surface area contributed by atoms with Crippen LogP contribution in [0.4, 0.5) is 10.3 Å². The quantitative estimate of drug-likeness (QED) is 0.657. The number of halogens is 1. The van der Waals surface area contributed by atoms with E-state index in [-0.39, 0.29) is 17.6 Å². The van der Waals surface area contributed by atoms with E-state index >= 15 is 0 Å². The number of methoxy groups -OCH3 is 1. The van der Waals surface area contributed by atoms with Gasteiger partial charge in [-0.1, -0.05) is 24.3 Å². The first-order valence-electron chi connectivity index (χ1n) is 10.4. The van der Waals surface area contributed by atoms with Crippen LogP contribution in [0.2, 0.25) is 0 Å². The lowest BCUT2D eigenvalue weighted by molar-refractivity contribution is -0.125. The van der Waals surface area contributed by atoms with E-state index in [1.54, 1.807) is 25.6 Å². The molecule has 31 heavy (non-hydrogen) atoms. The number of aromatic nitrogens is 2. The van der Waals surface area contributed by atoms with Gasteiger partial charge >= 0.3 is 0 Å². The van der Waals surface area contributed by atoms with Gasteiger partial charge in [0.25, 0.3) is 0 Å². The van der Waals surface area contributed by atoms with Gasteiger partial charge in [-0.15, -0.1) is 0 Å². The summed E-state index contributed by atoms with van der Waals surface area (Å²) in [6.07, 6.45) is 5.14. The number of ether oxygens (including phenoxy) is 1. The SMILES string of the molecule is COc1ccc(CNC(=O)C2CCCN(c3ncc(-c4cccc(F)c4)cn3)C2)cc1. The summed E-state index contributed by atoms with van der Waals surface area (Å²) in [7, 11) is 1.63. The third-order valence-electron chi connectivity index (χ3n) is 5.50. The van der Waals surface area contributed by atoms with E-state index in [1.807, 2.05) is 35.2 Å². The summed E-state index contributed by atoms with van der Waals surface area (Å²) in [5.41, 5.74) is 2.52. The number of carbonyl (C=O) groups excluding carboxylic acids is 1. The summed E-state index contributed by atoms with van der Waals surface area (Å²) in [6.45, 7) is 1.87. The molecule has 1 aliphatic rings. The molecule has 7 heteroatoms. The van der Waals surface area contributed by atoms with E-state index in [9.17, 15) is 9.18 Å². The molecule has 0 spiro atoms. The van der Waals surface area contributed by atoms with Crippen molar-refractivity contribution in [3.05, 3.63) is 72.3 Å². The number of nitrogens with one attached hydrogen (secondary N) is 1. The first-order chi connectivity index (χ1) is 15.1. The van der Waals surface area contributed by atoms with Crippen molar-refractivity contribution in [2.45, 2.75) is 19.4 Å². The molecule has 1 unspecified atom stereocenters. The summed E-state index contributed by atoms with van der Waals surface area (Å²) in [4.78, 5) is 23.7. The van der Waals surface area contributed by atoms with Gasteiger partial charge < -0.3 is 15.0 Å². The Morgan fingerprint density at radius 1 is 1.16 bits per heavy atom. The molecule has 0 bridgehead atoms. The second-order valence-corrected chi connectivity index (χ2v) is 7.63. The molecule has 160 valence electrons. The predicted molar refractivity (Wildman–Crippen MR) is 117 cm³/mol. The normalized spacial score (nSPS) is 16.1. The number of hydrogen-bond acceptors (Lipinski definition) is 5. The molecule has 0 aliphatic carbocycles. The van der Waals surface area contributed by atoms with Gasteiger partial charge in [0, 0.05) is 37.6 Å². The molecule has 1 fully saturated rings. The van der Waals surface area contributed by atoms with Crippen LogP contribution in [-0.2, 0) is 11.3 Å². The molecule has 1 atom stereocenters. The van der Waals surface area contributed by atoms with Crippen LogP contribution in [-0.4, -0.2) is 36.1 Å². The van der Waals surface area contributed by atoms with Gasteiger partial charge in [0.1, 0.15) is 11.6 Å². The molecule has 4 rings (SSSR count). The molecule has 1 aliphatic heterocycles. The van der Waals surface area contributed by atoms with Crippen LogP contribution in [0.15, 0.2) is 60.9 Å². The van der Waals surface area contributed by atoms with Crippen molar-refractivity contribution in [3.63, 3.8) is 0 Å². The van der Waals surface area contributed by atoms with Crippen LogP contribution in [0.25, 0.3) is 11.1 Å². The Morgan fingerprint density at radius 3 is 2.65 bits per heavy atom. The Bertz CT molecular complexity index is 1020. The van der Waals surface area contributed by atoms with Crippen LogP contribution < -0.4 is 15.0 Å². The van der Waals surface area contributed by atoms with Crippen molar-refractivity contribution < 1.29 is 13.9 Å². The third kappa shape index (κ3) is 5.17. The highest BCUT2D eigenvalue weighted by Crippen LogP contribution is 2.23. The molecule has 1 saturated heterocycles. The van der Waals surface area contributed by atoms with E-state index in [0.717, 1.165) is 41.8 Å². The first kappa shape index (κ1) is 20.8. The topological polar surface area (TPSA) is 67.3 Å². The fourth-order valence-electron chi connectivity index (χ4n) is 3.75. The van der Waals surface area contributed by atoms with E-state index in [4.69, 9.17) is 4.74 Å². The van der Waals surface area contributed by atoms with Crippen molar-refractivity contribution in [1.82, 2.24) is 15.3 Å². The van der Waals surface area contributed by atoms with Gasteiger partial charge in [-0.2, -0.15) is 0 Å². The van der Waals surface area contributed by atoms with Gasteiger partial charge in [0.15, 0.2) is 0 Å². The smallest absolute Gasteiger partial charge is 0.225 e. The molecule has 3 aromatic rings. The molecule has 0 radical (unpaired) electrons. The number of anilines is 1. The second kappa shape index (κ2) is 9.55. The molecular formula is C24H25FN4O2.